The fourth-order valence-electron chi connectivity index (χ4n) is 5.20. The number of rotatable bonds is 10. The van der Waals surface area contributed by atoms with E-state index in [0.717, 1.165) is 49.8 Å². The summed E-state index contributed by atoms with van der Waals surface area (Å²) in [6.45, 7) is 7.51. The highest BCUT2D eigenvalue weighted by molar-refractivity contribution is 5.86. The predicted molar refractivity (Wildman–Crippen MR) is 134 cm³/mol. The van der Waals surface area contributed by atoms with Gasteiger partial charge < -0.3 is 19.4 Å². The SMILES string of the molecule is CCC(CC(C)(CC(C)(C)C(=O)OC1CCOC1=O)C(=O)ON=C1CCCCC1)c1ccc(O)cc1. The third-order valence-electron chi connectivity index (χ3n) is 7.26. The molecule has 3 unspecified atom stereocenters. The largest absolute Gasteiger partial charge is 0.508 e. The van der Waals surface area contributed by atoms with Crippen LogP contribution < -0.4 is 0 Å². The van der Waals surface area contributed by atoms with Crippen molar-refractivity contribution in [1.82, 2.24) is 0 Å². The van der Waals surface area contributed by atoms with E-state index in [-0.39, 0.29) is 24.7 Å². The van der Waals surface area contributed by atoms with Crippen LogP contribution in [0.2, 0.25) is 0 Å². The molecule has 2 fully saturated rings. The summed E-state index contributed by atoms with van der Waals surface area (Å²) < 4.78 is 10.4. The van der Waals surface area contributed by atoms with Crippen molar-refractivity contribution in [1.29, 1.82) is 0 Å². The van der Waals surface area contributed by atoms with Crippen LogP contribution in [-0.2, 0) is 28.7 Å². The Morgan fingerprint density at radius 2 is 1.78 bits per heavy atom. The van der Waals surface area contributed by atoms with Crippen molar-refractivity contribution >= 4 is 23.6 Å². The molecular formula is C28H39NO7. The van der Waals surface area contributed by atoms with Crippen LogP contribution in [0.4, 0.5) is 0 Å². The van der Waals surface area contributed by atoms with E-state index < -0.39 is 34.8 Å². The normalized spacial score (nSPS) is 20.7. The van der Waals surface area contributed by atoms with Crippen molar-refractivity contribution in [2.75, 3.05) is 6.61 Å². The van der Waals surface area contributed by atoms with Gasteiger partial charge in [-0.25, -0.2) is 9.59 Å². The lowest BCUT2D eigenvalue weighted by Gasteiger charge is -2.36. The van der Waals surface area contributed by atoms with Gasteiger partial charge in [-0.2, -0.15) is 0 Å². The van der Waals surface area contributed by atoms with Crippen molar-refractivity contribution in [3.05, 3.63) is 29.8 Å². The molecule has 1 aromatic carbocycles. The Morgan fingerprint density at radius 3 is 2.36 bits per heavy atom. The van der Waals surface area contributed by atoms with Gasteiger partial charge in [0.25, 0.3) is 0 Å². The van der Waals surface area contributed by atoms with E-state index in [4.69, 9.17) is 14.3 Å². The van der Waals surface area contributed by atoms with Crippen LogP contribution in [0.1, 0.15) is 97.0 Å². The minimum Gasteiger partial charge on any atom is -0.508 e. The maximum absolute atomic E-state index is 13.5. The van der Waals surface area contributed by atoms with Gasteiger partial charge in [-0.1, -0.05) is 30.6 Å². The van der Waals surface area contributed by atoms with E-state index >= 15 is 0 Å². The maximum Gasteiger partial charge on any atom is 0.347 e. The molecule has 1 aliphatic heterocycles. The maximum atomic E-state index is 13.5. The topological polar surface area (TPSA) is 111 Å². The van der Waals surface area contributed by atoms with Crippen LogP contribution in [0.25, 0.3) is 0 Å². The quantitative estimate of drug-likeness (QED) is 0.259. The van der Waals surface area contributed by atoms with E-state index in [1.54, 1.807) is 32.9 Å². The molecule has 3 rings (SSSR count). The Hall–Kier alpha value is -2.90. The summed E-state index contributed by atoms with van der Waals surface area (Å²) in [6, 6.07) is 6.96. The molecule has 8 heteroatoms. The van der Waals surface area contributed by atoms with Gasteiger partial charge in [-0.15, -0.1) is 0 Å². The number of phenolic OH excluding ortho intramolecular Hbond substituents is 1. The standard InChI is InChI=1S/C28H39NO7/c1-5-19(20-11-13-22(30)14-12-20)17-28(4,26(33)36-29-21-9-7-6-8-10-21)18-27(2,3)25(32)35-23-15-16-34-24(23)31/h11-14,19,23,30H,5-10,15-18H2,1-4H3. The Morgan fingerprint density at radius 1 is 1.11 bits per heavy atom. The molecule has 198 valence electrons. The van der Waals surface area contributed by atoms with Gasteiger partial charge >= 0.3 is 17.9 Å². The third-order valence-corrected chi connectivity index (χ3v) is 7.26. The summed E-state index contributed by atoms with van der Waals surface area (Å²) in [4.78, 5) is 44.0. The lowest BCUT2D eigenvalue weighted by Crippen LogP contribution is -2.41. The molecule has 1 N–H and O–H groups in total. The smallest absolute Gasteiger partial charge is 0.347 e. The average Bonchev–Trinajstić information content (AvgIpc) is 3.26. The number of hydrogen-bond donors (Lipinski definition) is 1. The first kappa shape index (κ1) is 27.7. The number of carbonyl (C=O) groups is 3. The van der Waals surface area contributed by atoms with Gasteiger partial charge in [0.2, 0.25) is 6.10 Å². The van der Waals surface area contributed by atoms with Gasteiger partial charge in [0.15, 0.2) is 0 Å². The van der Waals surface area contributed by atoms with Gasteiger partial charge in [-0.3, -0.25) is 4.79 Å². The highest BCUT2D eigenvalue weighted by Gasteiger charge is 2.47. The fourth-order valence-corrected chi connectivity index (χ4v) is 5.20. The molecule has 2 aliphatic rings. The van der Waals surface area contributed by atoms with Crippen molar-refractivity contribution in [3.63, 3.8) is 0 Å². The van der Waals surface area contributed by atoms with E-state index in [9.17, 15) is 19.5 Å². The van der Waals surface area contributed by atoms with Crippen LogP contribution >= 0.6 is 0 Å². The number of hydrogen-bond acceptors (Lipinski definition) is 8. The zero-order valence-electron chi connectivity index (χ0n) is 21.9. The molecule has 1 aromatic rings. The third kappa shape index (κ3) is 7.08. The Kier molecular flexibility index (Phi) is 9.14. The monoisotopic (exact) mass is 501 g/mol. The van der Waals surface area contributed by atoms with Crippen molar-refractivity contribution < 1.29 is 33.8 Å². The minimum atomic E-state index is -1.07. The van der Waals surface area contributed by atoms with Gasteiger partial charge in [0, 0.05) is 6.42 Å². The van der Waals surface area contributed by atoms with Crippen molar-refractivity contribution in [2.24, 2.45) is 16.0 Å². The molecule has 0 amide bonds. The molecule has 0 radical (unpaired) electrons. The van der Waals surface area contributed by atoms with E-state index in [2.05, 4.69) is 5.16 Å². The lowest BCUT2D eigenvalue weighted by molar-refractivity contribution is -0.171. The summed E-state index contributed by atoms with van der Waals surface area (Å²) in [7, 11) is 0. The van der Waals surface area contributed by atoms with E-state index in [1.807, 2.05) is 19.1 Å². The molecule has 3 atom stereocenters. The number of benzene rings is 1. The number of oxime groups is 1. The summed E-state index contributed by atoms with van der Waals surface area (Å²) in [5, 5.41) is 13.9. The number of ether oxygens (including phenoxy) is 2. The Balaban J connectivity index is 1.83. The van der Waals surface area contributed by atoms with Crippen molar-refractivity contribution in [3.8, 4) is 5.75 Å². The fraction of sp³-hybridized carbons (Fsp3) is 0.643. The molecule has 8 nitrogen and oxygen atoms in total. The Labute approximate surface area is 213 Å². The number of carbonyl (C=O) groups excluding carboxylic acids is 3. The van der Waals surface area contributed by atoms with Crippen LogP contribution in [0.15, 0.2) is 29.4 Å². The molecule has 36 heavy (non-hydrogen) atoms. The molecule has 0 bridgehead atoms. The van der Waals surface area contributed by atoms with Gasteiger partial charge in [0.1, 0.15) is 5.75 Å². The van der Waals surface area contributed by atoms with Crippen LogP contribution in [0, 0.1) is 10.8 Å². The molecule has 1 heterocycles. The first-order valence-electron chi connectivity index (χ1n) is 13.0. The second-order valence-electron chi connectivity index (χ2n) is 11.0. The van der Waals surface area contributed by atoms with Gasteiger partial charge in [-0.05, 0) is 89.3 Å². The summed E-state index contributed by atoms with van der Waals surface area (Å²) in [5.74, 6) is -1.42. The molecule has 1 aliphatic carbocycles. The molecule has 1 saturated carbocycles. The second-order valence-corrected chi connectivity index (χ2v) is 11.0. The first-order chi connectivity index (χ1) is 17.0. The van der Waals surface area contributed by atoms with E-state index in [1.165, 1.54) is 0 Å². The van der Waals surface area contributed by atoms with Gasteiger partial charge in [0.05, 0.1) is 23.1 Å². The molecule has 0 aromatic heterocycles. The zero-order valence-corrected chi connectivity index (χ0v) is 21.9. The molecule has 0 spiro atoms. The molecular weight excluding hydrogens is 462 g/mol. The van der Waals surface area contributed by atoms with Crippen molar-refractivity contribution in [2.45, 2.75) is 97.5 Å². The van der Waals surface area contributed by atoms with Crippen LogP contribution in [-0.4, -0.2) is 41.4 Å². The first-order valence-corrected chi connectivity index (χ1v) is 13.0. The van der Waals surface area contributed by atoms with Crippen LogP contribution in [0.5, 0.6) is 5.75 Å². The van der Waals surface area contributed by atoms with Crippen LogP contribution in [0.3, 0.4) is 0 Å². The summed E-state index contributed by atoms with van der Waals surface area (Å²) in [6.07, 6.45) is 5.61. The van der Waals surface area contributed by atoms with E-state index in [0.29, 0.717) is 12.8 Å². The predicted octanol–water partition coefficient (Wildman–Crippen LogP) is 5.42. The average molecular weight is 502 g/mol. The molecule has 1 saturated heterocycles. The second kappa shape index (κ2) is 11.9. The number of cyclic esters (lactones) is 1. The highest BCUT2D eigenvalue weighted by Crippen LogP contribution is 2.44. The zero-order chi connectivity index (χ0) is 26.3. The lowest BCUT2D eigenvalue weighted by atomic mass is 9.68. The highest BCUT2D eigenvalue weighted by atomic mass is 16.7. The summed E-state index contributed by atoms with van der Waals surface area (Å²) in [5.41, 5.74) is -0.249. The summed E-state index contributed by atoms with van der Waals surface area (Å²) >= 11 is 0. The number of phenols is 1. The Bertz CT molecular complexity index is 961. The number of esters is 2. The number of nitrogens with zero attached hydrogens (tertiary/aromatic N) is 1. The number of aromatic hydroxyl groups is 1. The minimum absolute atomic E-state index is 0.0119.